The maximum absolute atomic E-state index is 12.4. The Morgan fingerprint density at radius 3 is 2.71 bits per heavy atom. The molecule has 1 aliphatic rings. The summed E-state index contributed by atoms with van der Waals surface area (Å²) >= 11 is 1.34. The van der Waals surface area contributed by atoms with E-state index in [4.69, 9.17) is 4.74 Å². The zero-order valence-electron chi connectivity index (χ0n) is 12.8. The number of hydrogen-bond donors (Lipinski definition) is 0. The van der Waals surface area contributed by atoms with Gasteiger partial charge in [-0.15, -0.1) is 0 Å². The van der Waals surface area contributed by atoms with Crippen molar-refractivity contribution in [1.82, 2.24) is 9.36 Å². The van der Waals surface area contributed by atoms with E-state index in [2.05, 4.69) is 14.3 Å². The summed E-state index contributed by atoms with van der Waals surface area (Å²) in [7, 11) is -1.39. The Morgan fingerprint density at radius 2 is 2.10 bits per heavy atom. The van der Waals surface area contributed by atoms with E-state index in [0.717, 1.165) is 11.0 Å². The molecule has 0 radical (unpaired) electrons. The first-order valence-corrected chi connectivity index (χ1v) is 9.69. The lowest BCUT2D eigenvalue weighted by Gasteiger charge is -2.41. The van der Waals surface area contributed by atoms with E-state index < -0.39 is 14.6 Å². The van der Waals surface area contributed by atoms with Crippen molar-refractivity contribution in [3.63, 3.8) is 0 Å². The molecule has 21 heavy (non-hydrogen) atoms. The largest absolute Gasteiger partial charge is 0.384 e. The smallest absolute Gasteiger partial charge is 0.205 e. The van der Waals surface area contributed by atoms with Crippen molar-refractivity contribution in [2.45, 2.75) is 37.9 Å². The first-order valence-electron chi connectivity index (χ1n) is 7.27. The van der Waals surface area contributed by atoms with Gasteiger partial charge in [-0.25, -0.2) is 13.4 Å². The highest BCUT2D eigenvalue weighted by atomic mass is 32.2. The third-order valence-electron chi connectivity index (χ3n) is 4.32. The fourth-order valence-corrected chi connectivity index (χ4v) is 5.58. The quantitative estimate of drug-likeness (QED) is 0.786. The normalized spacial score (nSPS) is 20.6. The summed E-state index contributed by atoms with van der Waals surface area (Å²) in [5.74, 6) is 0.964. The van der Waals surface area contributed by atoms with Crippen LogP contribution in [0.1, 0.15) is 32.5 Å². The van der Waals surface area contributed by atoms with E-state index in [-0.39, 0.29) is 5.75 Å². The monoisotopic (exact) mass is 333 g/mol. The van der Waals surface area contributed by atoms with Crippen LogP contribution in [0.2, 0.25) is 0 Å². The topological polar surface area (TPSA) is 72.4 Å². The van der Waals surface area contributed by atoms with Gasteiger partial charge in [0.05, 0.1) is 17.1 Å². The maximum atomic E-state index is 12.4. The minimum atomic E-state index is -3.04. The average Bonchev–Trinajstić information content (AvgIpc) is 2.94. The van der Waals surface area contributed by atoms with E-state index in [9.17, 15) is 8.42 Å². The molecule has 0 spiro atoms. The van der Waals surface area contributed by atoms with Gasteiger partial charge in [0.15, 0.2) is 9.84 Å². The van der Waals surface area contributed by atoms with E-state index >= 15 is 0 Å². The van der Waals surface area contributed by atoms with Gasteiger partial charge in [-0.2, -0.15) is 4.37 Å². The Hall–Kier alpha value is -0.730. The molecule has 0 amide bonds. The standard InChI is InChI=1S/C13H23N3O3S2/c1-4-13(5-2)10-16(7-9-21(13,17)18)12-14-11(15-20-12)6-8-19-3/h4-10H2,1-3H3. The van der Waals surface area contributed by atoms with Crippen LogP contribution in [0.15, 0.2) is 0 Å². The Morgan fingerprint density at radius 1 is 1.38 bits per heavy atom. The van der Waals surface area contributed by atoms with Crippen molar-refractivity contribution in [1.29, 1.82) is 0 Å². The maximum Gasteiger partial charge on any atom is 0.205 e. The molecule has 2 rings (SSSR count). The number of nitrogens with zero attached hydrogens (tertiary/aromatic N) is 3. The number of aromatic nitrogens is 2. The highest BCUT2D eigenvalue weighted by Gasteiger charge is 2.45. The van der Waals surface area contributed by atoms with Crippen molar-refractivity contribution in [2.24, 2.45) is 0 Å². The fraction of sp³-hybridized carbons (Fsp3) is 0.846. The van der Waals surface area contributed by atoms with Gasteiger partial charge < -0.3 is 9.64 Å². The Kier molecular flexibility index (Phi) is 5.21. The molecule has 8 heteroatoms. The SMILES string of the molecule is CCC1(CC)CN(c2nc(CCOC)ns2)CCS1(=O)=O. The van der Waals surface area contributed by atoms with Crippen molar-refractivity contribution in [3.8, 4) is 0 Å². The Balaban J connectivity index is 2.17. The minimum absolute atomic E-state index is 0.196. The second-order valence-electron chi connectivity index (χ2n) is 5.37. The highest BCUT2D eigenvalue weighted by Crippen LogP contribution is 2.34. The van der Waals surface area contributed by atoms with Crippen LogP contribution >= 0.6 is 11.5 Å². The van der Waals surface area contributed by atoms with Crippen LogP contribution in [-0.2, 0) is 21.0 Å². The second-order valence-corrected chi connectivity index (χ2v) is 8.60. The van der Waals surface area contributed by atoms with Crippen LogP contribution in [0.5, 0.6) is 0 Å². The molecule has 0 aromatic carbocycles. The molecule has 0 unspecified atom stereocenters. The number of anilines is 1. The molecule has 2 heterocycles. The summed E-state index contributed by atoms with van der Waals surface area (Å²) in [5.41, 5.74) is 0. The summed E-state index contributed by atoms with van der Waals surface area (Å²) in [4.78, 5) is 6.58. The van der Waals surface area contributed by atoms with Crippen LogP contribution in [0.25, 0.3) is 0 Å². The van der Waals surface area contributed by atoms with E-state index in [1.807, 2.05) is 13.8 Å². The van der Waals surface area contributed by atoms with Gasteiger partial charge >= 0.3 is 0 Å². The summed E-state index contributed by atoms with van der Waals surface area (Å²) in [5, 5.41) is 0.822. The van der Waals surface area contributed by atoms with Crippen LogP contribution in [-0.4, -0.2) is 55.1 Å². The molecule has 0 atom stereocenters. The molecule has 1 aromatic rings. The molecule has 0 N–H and O–H groups in total. The zero-order valence-corrected chi connectivity index (χ0v) is 14.5. The lowest BCUT2D eigenvalue weighted by molar-refractivity contribution is 0.201. The van der Waals surface area contributed by atoms with Crippen LogP contribution < -0.4 is 4.90 Å². The number of sulfone groups is 1. The van der Waals surface area contributed by atoms with Crippen molar-refractivity contribution >= 4 is 26.5 Å². The highest BCUT2D eigenvalue weighted by molar-refractivity contribution is 7.92. The van der Waals surface area contributed by atoms with Crippen LogP contribution in [0.4, 0.5) is 5.13 Å². The minimum Gasteiger partial charge on any atom is -0.384 e. The third kappa shape index (κ3) is 3.22. The Labute approximate surface area is 130 Å². The summed E-state index contributed by atoms with van der Waals surface area (Å²) < 4.78 is 33.5. The Bertz CT molecular complexity index is 567. The first-order chi connectivity index (χ1) is 9.98. The molecule has 1 aliphatic heterocycles. The predicted molar refractivity (Wildman–Crippen MR) is 84.8 cm³/mol. The van der Waals surface area contributed by atoms with Gasteiger partial charge in [-0.3, -0.25) is 0 Å². The fourth-order valence-electron chi connectivity index (χ4n) is 2.72. The number of rotatable bonds is 6. The van der Waals surface area contributed by atoms with Crippen LogP contribution in [0, 0.1) is 0 Å². The molecule has 120 valence electrons. The van der Waals surface area contributed by atoms with Crippen molar-refractivity contribution in [2.75, 3.05) is 37.5 Å². The summed E-state index contributed by atoms with van der Waals surface area (Å²) in [6.07, 6.45) is 1.96. The molecule has 0 aliphatic carbocycles. The molecule has 1 aromatic heterocycles. The molecular weight excluding hydrogens is 310 g/mol. The zero-order chi connectivity index (χ0) is 15.5. The van der Waals surface area contributed by atoms with Gasteiger partial charge in [0.2, 0.25) is 5.13 Å². The van der Waals surface area contributed by atoms with E-state index in [0.29, 0.717) is 39.0 Å². The van der Waals surface area contributed by atoms with Gasteiger partial charge in [0.25, 0.3) is 0 Å². The van der Waals surface area contributed by atoms with Gasteiger partial charge in [0, 0.05) is 38.2 Å². The molecule has 6 nitrogen and oxygen atoms in total. The van der Waals surface area contributed by atoms with Gasteiger partial charge in [-0.1, -0.05) is 13.8 Å². The van der Waals surface area contributed by atoms with E-state index in [1.165, 1.54) is 11.5 Å². The number of ether oxygens (including phenoxy) is 1. The third-order valence-corrected chi connectivity index (χ3v) is 7.88. The molecular formula is C13H23N3O3S2. The lowest BCUT2D eigenvalue weighted by atomic mass is 10.0. The number of methoxy groups -OCH3 is 1. The van der Waals surface area contributed by atoms with Gasteiger partial charge in [-0.05, 0) is 12.8 Å². The first kappa shape index (κ1) is 16.6. The van der Waals surface area contributed by atoms with Crippen molar-refractivity contribution in [3.05, 3.63) is 5.82 Å². The number of hydrogen-bond acceptors (Lipinski definition) is 7. The lowest BCUT2D eigenvalue weighted by Crippen LogP contribution is -2.55. The van der Waals surface area contributed by atoms with Crippen molar-refractivity contribution < 1.29 is 13.2 Å². The van der Waals surface area contributed by atoms with E-state index in [1.54, 1.807) is 7.11 Å². The summed E-state index contributed by atoms with van der Waals surface area (Å²) in [6.45, 7) is 5.52. The van der Waals surface area contributed by atoms with Crippen LogP contribution in [0.3, 0.4) is 0 Å². The molecule has 0 saturated carbocycles. The average molecular weight is 333 g/mol. The predicted octanol–water partition coefficient (Wildman–Crippen LogP) is 1.52. The molecule has 1 saturated heterocycles. The summed E-state index contributed by atoms with van der Waals surface area (Å²) in [6, 6.07) is 0. The second kappa shape index (κ2) is 6.58. The van der Waals surface area contributed by atoms with Gasteiger partial charge in [0.1, 0.15) is 5.82 Å². The molecule has 1 fully saturated rings. The molecule has 0 bridgehead atoms.